The molecular weight excluding hydrogens is 813 g/mol. The quantitative estimate of drug-likeness (QED) is 0.0481. The molecule has 6 atom stereocenters. The number of hydrogen-bond donors (Lipinski definition) is 0. The van der Waals surface area contributed by atoms with E-state index < -0.39 is 30.7 Å². The van der Waals surface area contributed by atoms with Crippen molar-refractivity contribution in [1.29, 1.82) is 0 Å². The Morgan fingerprint density at radius 2 is 0.938 bits per heavy atom. The molecule has 0 amide bonds. The first-order chi connectivity index (χ1) is 32.2. The summed E-state index contributed by atoms with van der Waals surface area (Å²) in [6.07, 6.45) is 31.8. The summed E-state index contributed by atoms with van der Waals surface area (Å²) in [5, 5.41) is 0. The van der Waals surface area contributed by atoms with Crippen molar-refractivity contribution < 1.29 is 37.9 Å². The Balaban J connectivity index is 1.63. The van der Waals surface area contributed by atoms with Crippen molar-refractivity contribution in [2.45, 2.75) is 218 Å². The van der Waals surface area contributed by atoms with Gasteiger partial charge in [0.1, 0.15) is 30.5 Å². The maximum Gasteiger partial charge on any atom is 0.187 e. The van der Waals surface area contributed by atoms with Crippen LogP contribution in [0.5, 0.6) is 0 Å². The van der Waals surface area contributed by atoms with Gasteiger partial charge >= 0.3 is 0 Å². The molecular formula is C57H94O8. The molecule has 0 spiro atoms. The molecule has 1 heterocycles. The molecule has 0 aliphatic carbocycles. The lowest BCUT2D eigenvalue weighted by molar-refractivity contribution is -0.329. The SMILES string of the molecule is C=CCOC[C@H]1O[C@@H](OC[C@H](COCCCCCCCCCCCCCC)OCCCCCCCCCCCCCC)[C@H](OCc2ccccc2)[C@@H](OCC=C)[C@H]1OCc1ccccc1. The number of ether oxygens (including phenoxy) is 8. The van der Waals surface area contributed by atoms with Gasteiger partial charge in [-0.05, 0) is 24.0 Å². The van der Waals surface area contributed by atoms with Gasteiger partial charge in [0, 0.05) is 13.2 Å². The van der Waals surface area contributed by atoms with Crippen LogP contribution in [0.2, 0.25) is 0 Å². The molecule has 8 heteroatoms. The number of unbranched alkanes of at least 4 members (excludes halogenated alkanes) is 22. The minimum absolute atomic E-state index is 0.256. The largest absolute Gasteiger partial charge is 0.379 e. The molecule has 1 aliphatic heterocycles. The van der Waals surface area contributed by atoms with Crippen LogP contribution in [-0.4, -0.2) is 83.1 Å². The van der Waals surface area contributed by atoms with E-state index in [4.69, 9.17) is 37.9 Å². The molecule has 0 unspecified atom stereocenters. The maximum atomic E-state index is 6.81. The van der Waals surface area contributed by atoms with Crippen LogP contribution in [0.1, 0.15) is 179 Å². The summed E-state index contributed by atoms with van der Waals surface area (Å²) in [5.41, 5.74) is 2.10. The van der Waals surface area contributed by atoms with E-state index in [0.29, 0.717) is 39.6 Å². The molecule has 8 nitrogen and oxygen atoms in total. The van der Waals surface area contributed by atoms with Gasteiger partial charge in [0.15, 0.2) is 6.29 Å². The van der Waals surface area contributed by atoms with Crippen molar-refractivity contribution in [3.8, 4) is 0 Å². The van der Waals surface area contributed by atoms with E-state index in [-0.39, 0.29) is 19.3 Å². The minimum Gasteiger partial charge on any atom is -0.379 e. The summed E-state index contributed by atoms with van der Waals surface area (Å²) in [5.74, 6) is 0. The zero-order valence-electron chi connectivity index (χ0n) is 41.4. The third-order valence-corrected chi connectivity index (χ3v) is 12.3. The summed E-state index contributed by atoms with van der Waals surface area (Å²) in [6.45, 7) is 16.2. The molecule has 1 saturated heterocycles. The van der Waals surface area contributed by atoms with Gasteiger partial charge in [0.2, 0.25) is 0 Å². The fourth-order valence-corrected chi connectivity index (χ4v) is 8.49. The Morgan fingerprint density at radius 1 is 0.477 bits per heavy atom. The lowest BCUT2D eigenvalue weighted by Crippen LogP contribution is -2.62. The first-order valence-corrected chi connectivity index (χ1v) is 26.4. The summed E-state index contributed by atoms with van der Waals surface area (Å²) in [7, 11) is 0. The molecule has 2 aromatic rings. The van der Waals surface area contributed by atoms with Crippen molar-refractivity contribution >= 4 is 0 Å². The smallest absolute Gasteiger partial charge is 0.187 e. The van der Waals surface area contributed by atoms with Gasteiger partial charge in [-0.15, -0.1) is 13.2 Å². The van der Waals surface area contributed by atoms with Gasteiger partial charge in [0.25, 0.3) is 0 Å². The zero-order chi connectivity index (χ0) is 46.1. The van der Waals surface area contributed by atoms with E-state index in [1.54, 1.807) is 12.2 Å². The fraction of sp³-hybridized carbons (Fsp3) is 0.719. The van der Waals surface area contributed by atoms with Gasteiger partial charge in [-0.2, -0.15) is 0 Å². The first kappa shape index (κ1) is 56.9. The second-order valence-electron chi connectivity index (χ2n) is 18.2. The average molecular weight is 907 g/mol. The topological polar surface area (TPSA) is 73.8 Å². The van der Waals surface area contributed by atoms with Crippen LogP contribution < -0.4 is 0 Å². The molecule has 0 aromatic heterocycles. The Labute approximate surface area is 397 Å². The lowest BCUT2D eigenvalue weighted by atomic mass is 9.98. The second kappa shape index (κ2) is 40.6. The van der Waals surface area contributed by atoms with Crippen LogP contribution >= 0.6 is 0 Å². The van der Waals surface area contributed by atoms with Gasteiger partial charge in [-0.3, -0.25) is 0 Å². The van der Waals surface area contributed by atoms with Gasteiger partial charge in [-0.25, -0.2) is 0 Å². The van der Waals surface area contributed by atoms with Crippen LogP contribution in [-0.2, 0) is 51.1 Å². The molecule has 3 rings (SSSR count). The lowest BCUT2D eigenvalue weighted by Gasteiger charge is -2.46. The number of benzene rings is 2. The van der Waals surface area contributed by atoms with Gasteiger partial charge in [0.05, 0.1) is 46.2 Å². The second-order valence-corrected chi connectivity index (χ2v) is 18.2. The minimum atomic E-state index is -0.781. The van der Waals surface area contributed by atoms with Crippen molar-refractivity contribution in [1.82, 2.24) is 0 Å². The highest BCUT2D eigenvalue weighted by molar-refractivity contribution is 5.14. The summed E-state index contributed by atoms with van der Waals surface area (Å²) in [6, 6.07) is 20.3. The van der Waals surface area contributed by atoms with E-state index in [9.17, 15) is 0 Å². The predicted molar refractivity (Wildman–Crippen MR) is 268 cm³/mol. The molecule has 65 heavy (non-hydrogen) atoms. The highest BCUT2D eigenvalue weighted by Gasteiger charge is 2.49. The molecule has 2 aromatic carbocycles. The van der Waals surface area contributed by atoms with E-state index in [2.05, 4.69) is 51.3 Å². The molecule has 0 radical (unpaired) electrons. The highest BCUT2D eigenvalue weighted by Crippen LogP contribution is 2.31. The highest BCUT2D eigenvalue weighted by atomic mass is 16.7. The van der Waals surface area contributed by atoms with Crippen LogP contribution in [0.15, 0.2) is 86.0 Å². The molecule has 1 aliphatic rings. The Kier molecular flexibility index (Phi) is 35.6. The molecule has 0 bridgehead atoms. The molecule has 0 N–H and O–H groups in total. The van der Waals surface area contributed by atoms with Gasteiger partial charge in [-0.1, -0.05) is 228 Å². The maximum absolute atomic E-state index is 6.81. The predicted octanol–water partition coefficient (Wildman–Crippen LogP) is 14.5. The number of rotatable bonds is 45. The van der Waals surface area contributed by atoms with E-state index in [1.165, 1.54) is 141 Å². The van der Waals surface area contributed by atoms with Crippen LogP contribution in [0, 0.1) is 0 Å². The van der Waals surface area contributed by atoms with E-state index in [0.717, 1.165) is 30.6 Å². The fourth-order valence-electron chi connectivity index (χ4n) is 8.49. The van der Waals surface area contributed by atoms with Crippen molar-refractivity contribution in [3.05, 3.63) is 97.1 Å². The average Bonchev–Trinajstić information content (AvgIpc) is 3.33. The van der Waals surface area contributed by atoms with Crippen LogP contribution in [0.25, 0.3) is 0 Å². The van der Waals surface area contributed by atoms with Crippen LogP contribution in [0.3, 0.4) is 0 Å². The van der Waals surface area contributed by atoms with Crippen molar-refractivity contribution in [2.24, 2.45) is 0 Å². The van der Waals surface area contributed by atoms with E-state index in [1.807, 2.05) is 36.4 Å². The Bertz CT molecular complexity index is 1340. The van der Waals surface area contributed by atoms with Crippen molar-refractivity contribution in [2.75, 3.05) is 46.2 Å². The molecule has 1 fully saturated rings. The number of hydrogen-bond acceptors (Lipinski definition) is 8. The third kappa shape index (κ3) is 27.9. The monoisotopic (exact) mass is 907 g/mol. The first-order valence-electron chi connectivity index (χ1n) is 26.4. The third-order valence-electron chi connectivity index (χ3n) is 12.3. The van der Waals surface area contributed by atoms with Crippen LogP contribution in [0.4, 0.5) is 0 Å². The summed E-state index contributed by atoms with van der Waals surface area (Å²) >= 11 is 0. The normalized spacial score (nSPS) is 19.1. The Hall–Kier alpha value is -2.40. The van der Waals surface area contributed by atoms with Crippen molar-refractivity contribution in [3.63, 3.8) is 0 Å². The van der Waals surface area contributed by atoms with Gasteiger partial charge < -0.3 is 37.9 Å². The zero-order valence-corrected chi connectivity index (χ0v) is 41.4. The summed E-state index contributed by atoms with van der Waals surface area (Å²) < 4.78 is 52.4. The molecule has 370 valence electrons. The summed E-state index contributed by atoms with van der Waals surface area (Å²) in [4.78, 5) is 0. The van der Waals surface area contributed by atoms with E-state index >= 15 is 0 Å². The Morgan fingerprint density at radius 3 is 1.43 bits per heavy atom. The molecule has 0 saturated carbocycles. The standard InChI is InChI=1S/C57H94O8/c1-5-9-11-13-15-17-19-21-23-25-27-35-43-59-47-52(60-44-36-28-26-24-22-20-18-16-14-12-10-6-2)48-64-57-56(63-46-51-39-33-30-34-40-51)55(61-42-8-4)54(53(65-57)49-58-41-7-3)62-45-50-37-31-29-32-38-50/h7-8,29-34,37-40,52-57H,3-6,9-28,35-36,41-49H2,1-2H3/t52-,53+,54-,55-,56+,57+/m0/s1.